The molecule has 13 atom stereocenters. The van der Waals surface area contributed by atoms with Crippen LogP contribution in [0.15, 0.2) is 115 Å². The molecule has 6 aromatic heterocycles. The van der Waals surface area contributed by atoms with Crippen molar-refractivity contribution in [3.63, 3.8) is 0 Å². The van der Waals surface area contributed by atoms with Crippen molar-refractivity contribution in [2.75, 3.05) is 67.6 Å². The topological polar surface area (TPSA) is 367 Å². The van der Waals surface area contributed by atoms with Crippen LogP contribution in [0.1, 0.15) is 72.8 Å². The molecular weight excluding hydrogens is 1780 g/mol. The molecule has 6 aromatic rings. The normalized spacial score (nSPS) is 14.0. The minimum absolute atomic E-state index is 0. The Bertz CT molecular complexity index is 2390. The molecule has 0 bridgehead atoms. The number of hydrogen-bond donors (Lipinski definition) is 12. The van der Waals surface area contributed by atoms with Gasteiger partial charge in [0.25, 0.3) is 0 Å². The van der Waals surface area contributed by atoms with E-state index in [1.807, 2.05) is 22.2 Å². The first-order valence-corrected chi connectivity index (χ1v) is 29.9. The van der Waals surface area contributed by atoms with Gasteiger partial charge in [0.2, 0.25) is 0 Å². The Kier molecular flexibility index (Phi) is 82.7. The number of ether oxygens (including phenoxy) is 1. The molecule has 0 fully saturated rings. The van der Waals surface area contributed by atoms with Gasteiger partial charge in [-0.25, -0.2) is 22.4 Å². The second-order valence-electron chi connectivity index (χ2n) is 15.9. The Morgan fingerprint density at radius 2 is 0.875 bits per heavy atom. The van der Waals surface area contributed by atoms with E-state index in [1.165, 1.54) is 74.9 Å². The van der Waals surface area contributed by atoms with Crippen molar-refractivity contribution in [2.24, 2.45) is 16.0 Å². The predicted molar refractivity (Wildman–Crippen MR) is 320 cm³/mol. The molecule has 13 unspecified atom stereocenters. The molecule has 6 rings (SSSR count). The number of carbonyl (C=O) groups is 1. The molecule has 0 saturated carbocycles. The second-order valence-corrected chi connectivity index (χ2v) is 22.7. The van der Waals surface area contributed by atoms with Gasteiger partial charge in [-0.15, -0.1) is 68.0 Å². The summed E-state index contributed by atoms with van der Waals surface area (Å²) in [6, 6.07) is 20.9. The van der Waals surface area contributed by atoms with Crippen LogP contribution >= 0.6 is 91.2 Å². The Morgan fingerprint density at radius 1 is 0.580 bits per heavy atom. The molecule has 39 heteroatoms. The molecule has 0 saturated heterocycles. The Hall–Kier alpha value is 2.69. The molecule has 6 heterocycles. The summed E-state index contributed by atoms with van der Waals surface area (Å²) in [4.78, 5) is 20.2. The third-order valence-electron chi connectivity index (χ3n) is 9.36. The Morgan fingerprint density at radius 3 is 1.12 bits per heavy atom. The van der Waals surface area contributed by atoms with Crippen LogP contribution in [0.3, 0.4) is 0 Å². The number of halogens is 6. The number of hydrogen-bond acceptors (Lipinski definition) is 23. The van der Waals surface area contributed by atoms with Crippen molar-refractivity contribution >= 4 is 96.7 Å². The van der Waals surface area contributed by atoms with E-state index < -0.39 is 91.1 Å². The van der Waals surface area contributed by atoms with Crippen molar-refractivity contribution in [3.05, 3.63) is 155 Å². The SMILES string of the molecule is CC(Cl)OC(=O)Cl.CN(C)CC(F)C(O)c1cccs1.CNCC(F)C(O)c1cccs1.CO.NCC(F)C(O)c1cccs1.OCC(O)C(O)c1cccs1.[N-]=[N+]=NCC(F)C(O)c1cccs1.[N-]=[N+]=NCC(O)C(O)c1cccs1.[Y].[Y].[Y].[Y].[Y].[Y]. The van der Waals surface area contributed by atoms with Crippen molar-refractivity contribution in [1.29, 1.82) is 0 Å². The van der Waals surface area contributed by atoms with Gasteiger partial charge < -0.3 is 71.8 Å². The minimum Gasteiger partial charge on any atom is -0.434 e. The number of nitrogens with zero attached hydrogens (tertiary/aromatic N) is 7. The number of azide groups is 2. The van der Waals surface area contributed by atoms with Crippen LogP contribution in [0.2, 0.25) is 0 Å². The van der Waals surface area contributed by atoms with Crippen LogP contribution < -0.4 is 11.1 Å². The molecule has 0 aliphatic heterocycles. The minimum atomic E-state index is -1.53. The predicted octanol–water partition coefficient (Wildman–Crippen LogP) is 9.66. The zero-order valence-corrected chi connectivity index (χ0v) is 71.8. The summed E-state index contributed by atoms with van der Waals surface area (Å²) in [6.45, 7) is 0.920. The van der Waals surface area contributed by atoms with Gasteiger partial charge in [-0.1, -0.05) is 58.2 Å². The third kappa shape index (κ3) is 51.0. The van der Waals surface area contributed by atoms with E-state index in [0.29, 0.717) is 29.3 Å². The van der Waals surface area contributed by atoms with Crippen molar-refractivity contribution < 1.29 is 274 Å². The molecule has 21 nitrogen and oxygen atoms in total. The summed E-state index contributed by atoms with van der Waals surface area (Å²) < 4.78 is 56.3. The molecule has 0 aliphatic carbocycles. The molecule has 0 aliphatic rings. The number of aliphatic hydroxyl groups is 10. The van der Waals surface area contributed by atoms with E-state index in [-0.39, 0.29) is 229 Å². The van der Waals surface area contributed by atoms with E-state index in [4.69, 9.17) is 55.3 Å². The van der Waals surface area contributed by atoms with Crippen LogP contribution in [0.4, 0.5) is 22.4 Å². The molecule has 0 amide bonds. The number of aliphatic hydroxyl groups excluding tert-OH is 10. The van der Waals surface area contributed by atoms with E-state index in [1.54, 1.807) is 109 Å². The van der Waals surface area contributed by atoms with Crippen LogP contribution in [0.5, 0.6) is 0 Å². The van der Waals surface area contributed by atoms with Crippen molar-refractivity contribution in [3.8, 4) is 0 Å². The van der Waals surface area contributed by atoms with Crippen molar-refractivity contribution in [1.82, 2.24) is 10.2 Å². The zero-order valence-electron chi connectivity index (χ0n) is 48.3. The van der Waals surface area contributed by atoms with Crippen LogP contribution in [0, 0.1) is 0 Å². The molecule has 88 heavy (non-hydrogen) atoms. The van der Waals surface area contributed by atoms with E-state index in [9.17, 15) is 58.1 Å². The average molecular weight is 1850 g/mol. The van der Waals surface area contributed by atoms with Gasteiger partial charge >= 0.3 is 5.43 Å². The standard InChI is InChI=1S/C9H14FNOS.C8H12FNOS.C7H8FN3OS.C7H10FNOS.C7H9N3O2S.C7H10O3S.C3H4Cl2O2.CH4O.6Y/c1-11(2)6-7(10)9(12)8-4-3-5-13-8;1-10-5-6(9)8(11)7-3-2-4-12-7;8-5(4-10-11-9)7(12)6-2-1-3-13-6;8-5(4-9)7(10)6-2-1-3-11-6;8-10-9-4-5(11)7(12)6-2-1-3-13-6;8-4-5(9)7(10)6-2-1-3-11-6;1-2(4)7-3(5)6;1-2;;;;;;/h3-5,7,9,12H,6H2,1-2H3;2-4,6,8,10-11H,5H2,1H3;1-3,5,7,12H,4H2;1-3,5,7,10H,4,9H2;1-3,5,7,11-12H,4H2;1-3,5,7-10H,4H2;2H,1H3;2H,1H3;;;;;;. The molecular formula is C49H71Cl2F4N9O12S6Y6. The smallest absolute Gasteiger partial charge is 0.405 e. The summed E-state index contributed by atoms with van der Waals surface area (Å²) in [7, 11) is 6.23. The maximum absolute atomic E-state index is 13.3. The fraction of sp³-hybridized carbons (Fsp3) is 0.490. The number of carbonyl (C=O) groups excluding carboxylic acids is 1. The molecule has 6 radical (unpaired) electrons. The summed E-state index contributed by atoms with van der Waals surface area (Å²) in [5, 5.41) is 110. The monoisotopic (exact) mass is 1850 g/mol. The van der Waals surface area contributed by atoms with Gasteiger partial charge in [-0.05, 0) is 108 Å². The van der Waals surface area contributed by atoms with Gasteiger partial charge in [-0.3, -0.25) is 0 Å². The van der Waals surface area contributed by atoms with Crippen LogP contribution in [-0.4, -0.2) is 171 Å². The van der Waals surface area contributed by atoms with E-state index in [2.05, 4.69) is 30.1 Å². The first-order valence-electron chi connectivity index (χ1n) is 23.8. The van der Waals surface area contributed by atoms with Crippen LogP contribution in [0.25, 0.3) is 20.9 Å². The molecule has 480 valence electrons. The number of alkyl halides is 5. The van der Waals surface area contributed by atoms with Gasteiger partial charge in [-0.2, -0.15) is 0 Å². The van der Waals surface area contributed by atoms with Gasteiger partial charge in [0.1, 0.15) is 67.4 Å². The number of nitrogens with one attached hydrogen (secondary N) is 1. The first kappa shape index (κ1) is 107. The maximum Gasteiger partial charge on any atom is 0.405 e. The molecule has 0 aromatic carbocycles. The first-order chi connectivity index (χ1) is 39.0. The number of nitrogens with two attached hydrogens (primary N) is 1. The number of rotatable bonds is 23. The van der Waals surface area contributed by atoms with Crippen molar-refractivity contribution in [2.45, 2.75) is 86.0 Å². The van der Waals surface area contributed by atoms with E-state index >= 15 is 0 Å². The largest absolute Gasteiger partial charge is 0.434 e. The summed E-state index contributed by atoms with van der Waals surface area (Å²) in [5.74, 6) is 0. The number of thiophene rings is 6. The maximum atomic E-state index is 13.3. The molecule has 0 spiro atoms. The fourth-order valence-electron chi connectivity index (χ4n) is 5.40. The van der Waals surface area contributed by atoms with E-state index in [0.717, 1.165) is 7.11 Å². The van der Waals surface area contributed by atoms with Gasteiger partial charge in [0, 0.05) is 274 Å². The fourth-order valence-corrected chi connectivity index (χ4v) is 10.2. The van der Waals surface area contributed by atoms with Gasteiger partial charge in [0.05, 0.1) is 25.8 Å². The summed E-state index contributed by atoms with van der Waals surface area (Å²) in [6.07, 6.45) is -13.6. The average Bonchev–Trinajstić information content (AvgIpc) is 4.39. The Labute approximate surface area is 694 Å². The third-order valence-corrected chi connectivity index (χ3v) is 15.2. The van der Waals surface area contributed by atoms with Gasteiger partial charge in [0.15, 0.2) is 5.56 Å². The second kappa shape index (κ2) is 68.2. The quantitative estimate of drug-likeness (QED) is 0.00709. The Balaban J connectivity index is -0.000000140. The summed E-state index contributed by atoms with van der Waals surface area (Å²) >= 11 is 17.9. The molecule has 13 N–H and O–H groups in total. The summed E-state index contributed by atoms with van der Waals surface area (Å²) in [5.41, 5.74) is 19.5. The van der Waals surface area contributed by atoms with Crippen LogP contribution in [-0.2, 0) is 201 Å². The zero-order chi connectivity index (χ0) is 62.6.